The third kappa shape index (κ3) is 2.42. The molecule has 2 heteroatoms. The average Bonchev–Trinajstić information content (AvgIpc) is 2.89. The molecular formula is C22H21NS. The highest BCUT2D eigenvalue weighted by atomic mass is 32.2. The van der Waals surface area contributed by atoms with Crippen molar-refractivity contribution < 1.29 is 0 Å². The first-order valence-corrected chi connectivity index (χ1v) is 9.13. The molecule has 1 aliphatic heterocycles. The maximum atomic E-state index is 2.44. The van der Waals surface area contributed by atoms with Crippen molar-refractivity contribution in [3.05, 3.63) is 96.1 Å². The van der Waals surface area contributed by atoms with Crippen molar-refractivity contribution in [3.8, 4) is 0 Å². The maximum Gasteiger partial charge on any atom is 0.0984 e. The Kier molecular flexibility index (Phi) is 3.85. The van der Waals surface area contributed by atoms with Crippen molar-refractivity contribution in [2.75, 3.05) is 11.9 Å². The van der Waals surface area contributed by atoms with E-state index >= 15 is 0 Å². The van der Waals surface area contributed by atoms with Crippen LogP contribution in [-0.2, 0) is 0 Å². The average molecular weight is 331 g/mol. The predicted octanol–water partition coefficient (Wildman–Crippen LogP) is 5.78. The Labute approximate surface area is 148 Å². The summed E-state index contributed by atoms with van der Waals surface area (Å²) in [5.41, 5.74) is 4.04. The number of thioether (sulfide) groups is 1. The van der Waals surface area contributed by atoms with E-state index in [0.29, 0.717) is 5.92 Å². The van der Waals surface area contributed by atoms with Crippen LogP contribution in [0.15, 0.2) is 89.8 Å². The molecule has 1 atom stereocenters. The number of anilines is 1. The van der Waals surface area contributed by atoms with E-state index in [-0.39, 0.29) is 4.87 Å². The van der Waals surface area contributed by atoms with Gasteiger partial charge in [-0.05, 0) is 30.2 Å². The van der Waals surface area contributed by atoms with Crippen LogP contribution in [0.2, 0.25) is 0 Å². The number of likely N-dealkylation sites (N-methyl/N-ethyl adjacent to an activating group) is 1. The molecule has 0 radical (unpaired) electrons. The molecule has 0 saturated carbocycles. The lowest BCUT2D eigenvalue weighted by atomic mass is 9.84. The minimum atomic E-state index is -0.0631. The van der Waals surface area contributed by atoms with Crippen LogP contribution in [0.5, 0.6) is 0 Å². The highest BCUT2D eigenvalue weighted by Gasteiger charge is 2.46. The van der Waals surface area contributed by atoms with Gasteiger partial charge in [-0.3, -0.25) is 0 Å². The summed E-state index contributed by atoms with van der Waals surface area (Å²) in [6.45, 7) is 2.36. The van der Waals surface area contributed by atoms with E-state index in [1.807, 2.05) is 11.8 Å². The highest BCUT2D eigenvalue weighted by molar-refractivity contribution is 8.01. The SMILES string of the molecule is CN1c2ccccc2SC1(C)C(c1ccccc1)c1ccccc1. The third-order valence-corrected chi connectivity index (χ3v) is 6.50. The fourth-order valence-corrected chi connectivity index (χ4v) is 5.23. The van der Waals surface area contributed by atoms with Crippen LogP contribution in [0.3, 0.4) is 0 Å². The fourth-order valence-electron chi connectivity index (χ4n) is 3.71. The molecule has 0 spiro atoms. The Morgan fingerprint density at radius 2 is 1.25 bits per heavy atom. The van der Waals surface area contributed by atoms with Gasteiger partial charge in [0, 0.05) is 17.9 Å². The molecule has 4 rings (SSSR count). The molecule has 0 bridgehead atoms. The Bertz CT molecular complexity index is 791. The minimum absolute atomic E-state index is 0.0631. The number of para-hydroxylation sites is 1. The van der Waals surface area contributed by atoms with Crippen molar-refractivity contribution in [2.45, 2.75) is 22.6 Å². The molecule has 1 unspecified atom stereocenters. The molecule has 0 aliphatic carbocycles. The van der Waals surface area contributed by atoms with E-state index in [1.54, 1.807) is 0 Å². The summed E-state index contributed by atoms with van der Waals surface area (Å²) in [7, 11) is 2.22. The van der Waals surface area contributed by atoms with Gasteiger partial charge < -0.3 is 4.90 Å². The molecule has 0 saturated heterocycles. The van der Waals surface area contributed by atoms with Gasteiger partial charge >= 0.3 is 0 Å². The maximum absolute atomic E-state index is 2.44. The normalized spacial score (nSPS) is 19.5. The molecule has 0 amide bonds. The van der Waals surface area contributed by atoms with E-state index in [1.165, 1.54) is 21.7 Å². The van der Waals surface area contributed by atoms with Crippen molar-refractivity contribution in [1.82, 2.24) is 0 Å². The molecule has 0 aromatic heterocycles. The molecule has 24 heavy (non-hydrogen) atoms. The molecule has 1 heterocycles. The lowest BCUT2D eigenvalue weighted by molar-refractivity contribution is 0.564. The van der Waals surface area contributed by atoms with E-state index in [9.17, 15) is 0 Å². The monoisotopic (exact) mass is 331 g/mol. The van der Waals surface area contributed by atoms with E-state index in [2.05, 4.69) is 104 Å². The highest BCUT2D eigenvalue weighted by Crippen LogP contribution is 2.56. The minimum Gasteiger partial charge on any atom is -0.358 e. The molecule has 1 aliphatic rings. The zero-order valence-electron chi connectivity index (χ0n) is 14.0. The van der Waals surface area contributed by atoms with Crippen molar-refractivity contribution >= 4 is 17.4 Å². The summed E-state index contributed by atoms with van der Waals surface area (Å²) in [6.07, 6.45) is 0. The molecule has 120 valence electrons. The van der Waals surface area contributed by atoms with Gasteiger partial charge in [-0.25, -0.2) is 0 Å². The first kappa shape index (κ1) is 15.3. The summed E-state index contributed by atoms with van der Waals surface area (Å²) < 4.78 is 0. The smallest absolute Gasteiger partial charge is 0.0984 e. The first-order valence-electron chi connectivity index (χ1n) is 8.32. The van der Waals surface area contributed by atoms with E-state index in [4.69, 9.17) is 0 Å². The van der Waals surface area contributed by atoms with Crippen LogP contribution < -0.4 is 4.90 Å². The van der Waals surface area contributed by atoms with Gasteiger partial charge in [0.1, 0.15) is 0 Å². The second kappa shape index (κ2) is 6.03. The summed E-state index contributed by atoms with van der Waals surface area (Å²) in [4.78, 5) is 3.74. The second-order valence-corrected chi connectivity index (χ2v) is 7.91. The number of benzene rings is 3. The molecule has 1 nitrogen and oxygen atoms in total. The van der Waals surface area contributed by atoms with Crippen LogP contribution in [-0.4, -0.2) is 11.9 Å². The zero-order valence-corrected chi connectivity index (χ0v) is 14.8. The number of hydrogen-bond acceptors (Lipinski definition) is 2. The fraction of sp³-hybridized carbons (Fsp3) is 0.182. The number of rotatable bonds is 3. The first-order chi connectivity index (χ1) is 11.7. The van der Waals surface area contributed by atoms with Crippen LogP contribution in [0.4, 0.5) is 5.69 Å². The lowest BCUT2D eigenvalue weighted by Gasteiger charge is -2.41. The van der Waals surface area contributed by atoms with Crippen molar-refractivity contribution in [3.63, 3.8) is 0 Å². The molecule has 0 N–H and O–H groups in total. The molecular weight excluding hydrogens is 310 g/mol. The Morgan fingerprint density at radius 3 is 1.79 bits per heavy atom. The molecule has 3 aromatic carbocycles. The summed E-state index contributed by atoms with van der Waals surface area (Å²) >= 11 is 1.97. The van der Waals surface area contributed by atoms with Crippen LogP contribution >= 0.6 is 11.8 Å². The Balaban J connectivity index is 1.86. The van der Waals surface area contributed by atoms with E-state index in [0.717, 1.165) is 0 Å². The van der Waals surface area contributed by atoms with Crippen LogP contribution in [0, 0.1) is 0 Å². The number of fused-ring (bicyclic) bond motifs is 1. The van der Waals surface area contributed by atoms with Gasteiger partial charge in [-0.2, -0.15) is 0 Å². The standard InChI is InChI=1S/C22H21NS/c1-22(23(2)19-15-9-10-16-20(19)24-22)21(17-11-5-3-6-12-17)18-13-7-4-8-14-18/h3-16,21H,1-2H3. The van der Waals surface area contributed by atoms with Gasteiger partial charge in [-0.15, -0.1) is 0 Å². The third-order valence-electron chi connectivity index (χ3n) is 5.01. The van der Waals surface area contributed by atoms with Gasteiger partial charge in [-0.1, -0.05) is 84.6 Å². The predicted molar refractivity (Wildman–Crippen MR) is 104 cm³/mol. The molecule has 0 fully saturated rings. The largest absolute Gasteiger partial charge is 0.358 e. The molecule has 3 aromatic rings. The Morgan fingerprint density at radius 1 is 0.750 bits per heavy atom. The zero-order chi connectivity index (χ0) is 16.6. The van der Waals surface area contributed by atoms with Crippen LogP contribution in [0.1, 0.15) is 24.0 Å². The summed E-state index contributed by atoms with van der Waals surface area (Å²) in [5, 5.41) is 0. The summed E-state index contributed by atoms with van der Waals surface area (Å²) in [5.74, 6) is 0.294. The summed E-state index contributed by atoms with van der Waals surface area (Å²) in [6, 6.07) is 30.5. The second-order valence-electron chi connectivity index (χ2n) is 6.44. The quantitative estimate of drug-likeness (QED) is 0.599. The van der Waals surface area contributed by atoms with Gasteiger partial charge in [0.15, 0.2) is 0 Å². The van der Waals surface area contributed by atoms with Crippen molar-refractivity contribution in [1.29, 1.82) is 0 Å². The topological polar surface area (TPSA) is 3.24 Å². The number of nitrogens with zero attached hydrogens (tertiary/aromatic N) is 1. The van der Waals surface area contributed by atoms with Gasteiger partial charge in [0.05, 0.1) is 10.6 Å². The van der Waals surface area contributed by atoms with Crippen molar-refractivity contribution in [2.24, 2.45) is 0 Å². The Hall–Kier alpha value is -2.19. The van der Waals surface area contributed by atoms with Gasteiger partial charge in [0.2, 0.25) is 0 Å². The lowest BCUT2D eigenvalue weighted by Crippen LogP contribution is -2.43. The number of hydrogen-bond donors (Lipinski definition) is 0. The van der Waals surface area contributed by atoms with E-state index < -0.39 is 0 Å². The van der Waals surface area contributed by atoms with Crippen LogP contribution in [0.25, 0.3) is 0 Å². The van der Waals surface area contributed by atoms with Gasteiger partial charge in [0.25, 0.3) is 0 Å².